The predicted octanol–water partition coefficient (Wildman–Crippen LogP) is 2.10. The van der Waals surface area contributed by atoms with E-state index in [0.29, 0.717) is 12.2 Å². The molecule has 0 aromatic heterocycles. The minimum atomic E-state index is -4.42. The van der Waals surface area contributed by atoms with Crippen molar-refractivity contribution in [3.05, 3.63) is 48.0 Å². The zero-order valence-electron chi connectivity index (χ0n) is 16.7. The van der Waals surface area contributed by atoms with Gasteiger partial charge in [0.25, 0.3) is 10.1 Å². The van der Waals surface area contributed by atoms with Crippen LogP contribution in [0.2, 0.25) is 0 Å². The fraction of sp³-hybridized carbons (Fsp3) is 0.429. The second-order valence-corrected chi connectivity index (χ2v) is 8.05. The first-order valence-corrected chi connectivity index (χ1v) is 10.9. The molecule has 0 radical (unpaired) electrons. The number of rotatable bonds is 11. The first kappa shape index (κ1) is 25.6. The van der Waals surface area contributed by atoms with Gasteiger partial charge in [-0.05, 0) is 36.6 Å². The molecule has 1 N–H and O–H groups in total. The van der Waals surface area contributed by atoms with Crippen molar-refractivity contribution in [1.82, 2.24) is 0 Å². The Labute approximate surface area is 210 Å². The molecule has 0 aliphatic rings. The van der Waals surface area contributed by atoms with Crippen LogP contribution in [0.15, 0.2) is 47.4 Å². The summed E-state index contributed by atoms with van der Waals surface area (Å²) in [7, 11) is -4.42. The SMILES string of the molecule is CCCCCCCCCc1cccc(S(=O)(=O)O)c1Oc1ccc([O-])cc1.[K+]. The quantitative estimate of drug-likeness (QED) is 0.335. The maximum absolute atomic E-state index is 11.8. The van der Waals surface area contributed by atoms with Crippen molar-refractivity contribution in [2.45, 2.75) is 63.2 Å². The Balaban J connectivity index is 0.00000392. The van der Waals surface area contributed by atoms with Crippen LogP contribution in [0.25, 0.3) is 0 Å². The molecular formula is C21H27KO5S. The summed E-state index contributed by atoms with van der Waals surface area (Å²) in [4.78, 5) is -0.255. The molecule has 0 atom stereocenters. The van der Waals surface area contributed by atoms with Crippen LogP contribution < -0.4 is 61.2 Å². The van der Waals surface area contributed by atoms with E-state index in [1.54, 1.807) is 6.07 Å². The Morgan fingerprint density at radius 1 is 0.929 bits per heavy atom. The van der Waals surface area contributed by atoms with Crippen LogP contribution in [0.3, 0.4) is 0 Å². The Morgan fingerprint density at radius 2 is 1.54 bits per heavy atom. The van der Waals surface area contributed by atoms with E-state index in [1.165, 1.54) is 56.0 Å². The Kier molecular flexibility index (Phi) is 11.9. The fourth-order valence-corrected chi connectivity index (χ4v) is 3.63. The van der Waals surface area contributed by atoms with Crippen LogP contribution in [-0.2, 0) is 16.5 Å². The molecule has 0 heterocycles. The topological polar surface area (TPSA) is 86.7 Å². The van der Waals surface area contributed by atoms with Crippen LogP contribution in [0.5, 0.6) is 17.2 Å². The van der Waals surface area contributed by atoms with E-state index in [2.05, 4.69) is 6.92 Å². The van der Waals surface area contributed by atoms with E-state index in [4.69, 9.17) is 4.74 Å². The average Bonchev–Trinajstić information content (AvgIpc) is 2.63. The first-order valence-electron chi connectivity index (χ1n) is 9.46. The van der Waals surface area contributed by atoms with E-state index in [-0.39, 0.29) is 67.8 Å². The molecular weight excluding hydrogens is 403 g/mol. The van der Waals surface area contributed by atoms with Crippen molar-refractivity contribution in [1.29, 1.82) is 0 Å². The van der Waals surface area contributed by atoms with Gasteiger partial charge < -0.3 is 9.84 Å². The molecule has 0 fully saturated rings. The van der Waals surface area contributed by atoms with Gasteiger partial charge in [-0.25, -0.2) is 0 Å². The third-order valence-corrected chi connectivity index (χ3v) is 5.31. The molecule has 0 amide bonds. The maximum Gasteiger partial charge on any atom is 1.00 e. The zero-order valence-corrected chi connectivity index (χ0v) is 20.6. The van der Waals surface area contributed by atoms with Crippen molar-refractivity contribution < 1.29 is 74.2 Å². The number of ether oxygens (including phenoxy) is 1. The van der Waals surface area contributed by atoms with E-state index in [9.17, 15) is 18.1 Å². The number of hydrogen-bond donors (Lipinski definition) is 1. The maximum atomic E-state index is 11.8. The van der Waals surface area contributed by atoms with Gasteiger partial charge in [-0.3, -0.25) is 4.55 Å². The molecule has 2 rings (SSSR count). The van der Waals surface area contributed by atoms with Gasteiger partial charge in [0.15, 0.2) is 5.75 Å². The van der Waals surface area contributed by atoms with Crippen LogP contribution in [0, 0.1) is 0 Å². The number of benzene rings is 2. The van der Waals surface area contributed by atoms with Crippen LogP contribution >= 0.6 is 0 Å². The number of para-hydroxylation sites is 1. The minimum absolute atomic E-state index is 0. The number of aryl methyl sites for hydroxylation is 1. The number of unbranched alkanes of at least 4 members (excludes halogenated alkanes) is 6. The molecule has 0 spiro atoms. The van der Waals surface area contributed by atoms with E-state index >= 15 is 0 Å². The minimum Gasteiger partial charge on any atom is -0.872 e. The first-order chi connectivity index (χ1) is 12.9. The molecule has 0 saturated carbocycles. The van der Waals surface area contributed by atoms with Gasteiger partial charge in [-0.1, -0.05) is 69.7 Å². The summed E-state index contributed by atoms with van der Waals surface area (Å²) in [5.74, 6) is 0.324. The summed E-state index contributed by atoms with van der Waals surface area (Å²) in [5.41, 5.74) is 0.727. The molecule has 0 bridgehead atoms. The third-order valence-electron chi connectivity index (χ3n) is 4.43. The molecule has 2 aromatic rings. The van der Waals surface area contributed by atoms with E-state index < -0.39 is 10.1 Å². The fourth-order valence-electron chi connectivity index (χ4n) is 2.98. The molecule has 7 heteroatoms. The summed E-state index contributed by atoms with van der Waals surface area (Å²) < 4.78 is 38.8. The van der Waals surface area contributed by atoms with Gasteiger partial charge in [-0.2, -0.15) is 8.42 Å². The van der Waals surface area contributed by atoms with Gasteiger partial charge in [0.05, 0.1) is 0 Å². The summed E-state index contributed by atoms with van der Waals surface area (Å²) in [6.07, 6.45) is 8.72. The molecule has 2 aromatic carbocycles. The van der Waals surface area contributed by atoms with Crippen molar-refractivity contribution in [3.8, 4) is 17.2 Å². The predicted molar refractivity (Wildman–Crippen MR) is 104 cm³/mol. The third kappa shape index (κ3) is 8.53. The van der Waals surface area contributed by atoms with Crippen molar-refractivity contribution >= 4 is 10.1 Å². The summed E-state index contributed by atoms with van der Waals surface area (Å²) in [6, 6.07) is 10.4. The molecule has 0 saturated heterocycles. The van der Waals surface area contributed by atoms with Crippen LogP contribution in [0.4, 0.5) is 0 Å². The molecule has 28 heavy (non-hydrogen) atoms. The molecule has 0 aliphatic carbocycles. The normalized spacial score (nSPS) is 11.1. The van der Waals surface area contributed by atoms with Gasteiger partial charge in [0, 0.05) is 0 Å². The van der Waals surface area contributed by atoms with E-state index in [1.807, 2.05) is 6.07 Å². The largest absolute Gasteiger partial charge is 1.00 e. The van der Waals surface area contributed by atoms with Gasteiger partial charge >= 0.3 is 51.4 Å². The number of hydrogen-bond acceptors (Lipinski definition) is 4. The van der Waals surface area contributed by atoms with Crippen molar-refractivity contribution in [2.75, 3.05) is 0 Å². The monoisotopic (exact) mass is 430 g/mol. The average molecular weight is 431 g/mol. The van der Waals surface area contributed by atoms with Crippen LogP contribution in [-0.4, -0.2) is 13.0 Å². The van der Waals surface area contributed by atoms with Crippen LogP contribution in [0.1, 0.15) is 57.4 Å². The Morgan fingerprint density at radius 3 is 2.14 bits per heavy atom. The van der Waals surface area contributed by atoms with Gasteiger partial charge in [0.1, 0.15) is 10.6 Å². The molecule has 0 aliphatic heterocycles. The Bertz CT molecular complexity index is 819. The van der Waals surface area contributed by atoms with E-state index in [0.717, 1.165) is 24.8 Å². The second kappa shape index (κ2) is 13.0. The van der Waals surface area contributed by atoms with Crippen molar-refractivity contribution in [3.63, 3.8) is 0 Å². The van der Waals surface area contributed by atoms with Crippen molar-refractivity contribution in [2.24, 2.45) is 0 Å². The molecule has 0 unspecified atom stereocenters. The summed E-state index contributed by atoms with van der Waals surface area (Å²) >= 11 is 0. The summed E-state index contributed by atoms with van der Waals surface area (Å²) in [6.45, 7) is 2.19. The molecule has 5 nitrogen and oxygen atoms in total. The molecule has 148 valence electrons. The van der Waals surface area contributed by atoms with Gasteiger partial charge in [-0.15, -0.1) is 5.75 Å². The zero-order chi connectivity index (χ0) is 19.7. The second-order valence-electron chi connectivity index (χ2n) is 6.66. The Hall–Kier alpha value is -0.414. The summed E-state index contributed by atoms with van der Waals surface area (Å²) in [5, 5.41) is 11.2. The standard InChI is InChI=1S/C21H28O5S.K/c1-2-3-4-5-6-7-8-10-17-11-9-12-20(27(23,24)25)21(17)26-19-15-13-18(22)14-16-19;/h9,11-16,22H,2-8,10H2,1H3,(H,23,24,25);/q;+1/p-1. The van der Waals surface area contributed by atoms with Gasteiger partial charge in [0.2, 0.25) is 0 Å². The smallest absolute Gasteiger partial charge is 0.872 e.